The first-order chi connectivity index (χ1) is 9.00. The summed E-state index contributed by atoms with van der Waals surface area (Å²) >= 11 is 0. The molecule has 0 aliphatic heterocycles. The van der Waals surface area contributed by atoms with Crippen LogP contribution in [0.4, 0.5) is 10.1 Å². The average molecular weight is 259 g/mol. The summed E-state index contributed by atoms with van der Waals surface area (Å²) in [6.45, 7) is 1.52. The zero-order valence-corrected chi connectivity index (χ0v) is 10.4. The number of rotatable bonds is 3. The minimum atomic E-state index is -0.980. The Hall–Kier alpha value is -2.36. The van der Waals surface area contributed by atoms with Gasteiger partial charge in [0, 0.05) is 16.8 Å². The largest absolute Gasteiger partial charge is 0.481 e. The molecular weight excluding hydrogens is 245 g/mol. The summed E-state index contributed by atoms with van der Waals surface area (Å²) in [7, 11) is 0. The van der Waals surface area contributed by atoms with Gasteiger partial charge in [-0.2, -0.15) is 0 Å². The number of hydrogen-bond acceptors (Lipinski definition) is 2. The second-order valence-corrected chi connectivity index (χ2v) is 4.39. The number of carboxylic acids is 1. The van der Waals surface area contributed by atoms with Crippen molar-refractivity contribution in [2.24, 2.45) is 0 Å². The average Bonchev–Trinajstić information content (AvgIpc) is 2.38. The summed E-state index contributed by atoms with van der Waals surface area (Å²) in [4.78, 5) is 10.9. The SMILES string of the molecule is CC(C(=O)O)c1ccc(-c2ccccc2N)c(F)c1. The maximum absolute atomic E-state index is 14.1. The van der Waals surface area contributed by atoms with E-state index >= 15 is 0 Å². The standard InChI is InChI=1S/C15H14FNO2/c1-9(15(18)19)10-6-7-11(13(16)8-10)12-4-2-3-5-14(12)17/h2-9H,17H2,1H3,(H,18,19). The lowest BCUT2D eigenvalue weighted by Gasteiger charge is -2.11. The molecule has 0 fully saturated rings. The predicted molar refractivity (Wildman–Crippen MR) is 72.3 cm³/mol. The van der Waals surface area contributed by atoms with E-state index in [1.807, 2.05) is 0 Å². The van der Waals surface area contributed by atoms with Crippen LogP contribution in [0, 0.1) is 5.82 Å². The fourth-order valence-corrected chi connectivity index (χ4v) is 1.90. The number of benzene rings is 2. The third-order valence-corrected chi connectivity index (χ3v) is 3.11. The van der Waals surface area contributed by atoms with Crippen molar-refractivity contribution < 1.29 is 14.3 Å². The molecule has 3 nitrogen and oxygen atoms in total. The molecule has 0 heterocycles. The molecule has 2 rings (SSSR count). The molecule has 0 amide bonds. The van der Waals surface area contributed by atoms with E-state index in [2.05, 4.69) is 0 Å². The number of carbonyl (C=O) groups is 1. The summed E-state index contributed by atoms with van der Waals surface area (Å²) in [6, 6.07) is 11.4. The molecule has 0 aromatic heterocycles. The van der Waals surface area contributed by atoms with Gasteiger partial charge in [0.05, 0.1) is 5.92 Å². The Kier molecular flexibility index (Phi) is 3.51. The quantitative estimate of drug-likeness (QED) is 0.831. The molecule has 98 valence electrons. The van der Waals surface area contributed by atoms with Crippen LogP contribution in [0.5, 0.6) is 0 Å². The first-order valence-electron chi connectivity index (χ1n) is 5.88. The lowest BCUT2D eigenvalue weighted by molar-refractivity contribution is -0.138. The molecule has 0 bridgehead atoms. The predicted octanol–water partition coefficient (Wildman–Crippen LogP) is 3.26. The number of aliphatic carboxylic acids is 1. The molecule has 4 heteroatoms. The van der Waals surface area contributed by atoms with Gasteiger partial charge in [-0.1, -0.05) is 30.3 Å². The highest BCUT2D eigenvalue weighted by Crippen LogP contribution is 2.30. The maximum atomic E-state index is 14.1. The summed E-state index contributed by atoms with van der Waals surface area (Å²) in [5.74, 6) is -2.19. The molecule has 0 aliphatic rings. The first kappa shape index (κ1) is 13.1. The molecular formula is C15H14FNO2. The molecule has 0 saturated heterocycles. The van der Waals surface area contributed by atoms with Gasteiger partial charge in [-0.15, -0.1) is 0 Å². The number of nitrogens with two attached hydrogens (primary N) is 1. The summed E-state index contributed by atoms with van der Waals surface area (Å²) in [5, 5.41) is 8.91. The van der Waals surface area contributed by atoms with Crippen LogP contribution in [-0.2, 0) is 4.79 Å². The van der Waals surface area contributed by atoms with Crippen LogP contribution in [-0.4, -0.2) is 11.1 Å². The third-order valence-electron chi connectivity index (χ3n) is 3.11. The van der Waals surface area contributed by atoms with E-state index in [0.717, 1.165) is 0 Å². The van der Waals surface area contributed by atoms with Crippen molar-refractivity contribution in [2.75, 3.05) is 5.73 Å². The number of halogens is 1. The van der Waals surface area contributed by atoms with Gasteiger partial charge in [-0.3, -0.25) is 4.79 Å². The number of anilines is 1. The van der Waals surface area contributed by atoms with E-state index in [0.29, 0.717) is 22.4 Å². The lowest BCUT2D eigenvalue weighted by atomic mass is 9.96. The Morgan fingerprint density at radius 1 is 1.21 bits per heavy atom. The van der Waals surface area contributed by atoms with E-state index in [1.165, 1.54) is 13.0 Å². The van der Waals surface area contributed by atoms with Gasteiger partial charge < -0.3 is 10.8 Å². The van der Waals surface area contributed by atoms with Crippen molar-refractivity contribution in [3.8, 4) is 11.1 Å². The Balaban J connectivity index is 2.46. The summed E-state index contributed by atoms with van der Waals surface area (Å²) in [5.41, 5.74) is 7.71. The van der Waals surface area contributed by atoms with Gasteiger partial charge in [0.15, 0.2) is 0 Å². The number of carboxylic acid groups (broad SMARTS) is 1. The minimum absolute atomic E-state index is 0.374. The lowest BCUT2D eigenvalue weighted by Crippen LogP contribution is -2.07. The van der Waals surface area contributed by atoms with Crippen LogP contribution in [0.3, 0.4) is 0 Å². The fraction of sp³-hybridized carbons (Fsp3) is 0.133. The maximum Gasteiger partial charge on any atom is 0.310 e. The zero-order valence-electron chi connectivity index (χ0n) is 10.4. The highest BCUT2D eigenvalue weighted by atomic mass is 19.1. The van der Waals surface area contributed by atoms with Crippen LogP contribution in [0.25, 0.3) is 11.1 Å². The van der Waals surface area contributed by atoms with Gasteiger partial charge >= 0.3 is 5.97 Å². The molecule has 1 unspecified atom stereocenters. The summed E-state index contributed by atoms with van der Waals surface area (Å²) < 4.78 is 14.1. The van der Waals surface area contributed by atoms with Crippen molar-refractivity contribution in [2.45, 2.75) is 12.8 Å². The van der Waals surface area contributed by atoms with E-state index in [4.69, 9.17) is 10.8 Å². The highest BCUT2D eigenvalue weighted by molar-refractivity contribution is 5.78. The first-order valence-corrected chi connectivity index (χ1v) is 5.88. The minimum Gasteiger partial charge on any atom is -0.481 e. The van der Waals surface area contributed by atoms with Crippen LogP contribution in [0.2, 0.25) is 0 Å². The third kappa shape index (κ3) is 2.57. The highest BCUT2D eigenvalue weighted by Gasteiger charge is 2.16. The number of nitrogen functional groups attached to an aromatic ring is 1. The monoisotopic (exact) mass is 259 g/mol. The second-order valence-electron chi connectivity index (χ2n) is 4.39. The van der Waals surface area contributed by atoms with Crippen LogP contribution >= 0.6 is 0 Å². The molecule has 19 heavy (non-hydrogen) atoms. The second kappa shape index (κ2) is 5.10. The van der Waals surface area contributed by atoms with Gasteiger partial charge in [0.2, 0.25) is 0 Å². The summed E-state index contributed by atoms with van der Waals surface area (Å²) in [6.07, 6.45) is 0. The van der Waals surface area contributed by atoms with Crippen molar-refractivity contribution in [1.82, 2.24) is 0 Å². The molecule has 3 N–H and O–H groups in total. The van der Waals surface area contributed by atoms with E-state index < -0.39 is 17.7 Å². The molecule has 2 aromatic rings. The Morgan fingerprint density at radius 3 is 2.47 bits per heavy atom. The van der Waals surface area contributed by atoms with Gasteiger partial charge in [0.25, 0.3) is 0 Å². The molecule has 0 saturated carbocycles. The van der Waals surface area contributed by atoms with Crippen LogP contribution < -0.4 is 5.73 Å². The van der Waals surface area contributed by atoms with E-state index in [-0.39, 0.29) is 0 Å². The zero-order chi connectivity index (χ0) is 14.0. The normalized spacial score (nSPS) is 12.1. The Labute approximate surface area is 110 Å². The van der Waals surface area contributed by atoms with Crippen LogP contribution in [0.1, 0.15) is 18.4 Å². The van der Waals surface area contributed by atoms with E-state index in [9.17, 15) is 9.18 Å². The number of hydrogen-bond donors (Lipinski definition) is 2. The number of para-hydroxylation sites is 1. The van der Waals surface area contributed by atoms with Crippen molar-refractivity contribution in [3.05, 3.63) is 53.8 Å². The van der Waals surface area contributed by atoms with Crippen LogP contribution in [0.15, 0.2) is 42.5 Å². The topological polar surface area (TPSA) is 63.3 Å². The van der Waals surface area contributed by atoms with Crippen molar-refractivity contribution >= 4 is 11.7 Å². The van der Waals surface area contributed by atoms with E-state index in [1.54, 1.807) is 36.4 Å². The molecule has 2 aromatic carbocycles. The molecule has 0 spiro atoms. The Morgan fingerprint density at radius 2 is 1.89 bits per heavy atom. The molecule has 0 radical (unpaired) electrons. The molecule has 1 atom stereocenters. The molecule has 0 aliphatic carbocycles. The Bertz CT molecular complexity index is 625. The smallest absolute Gasteiger partial charge is 0.310 e. The van der Waals surface area contributed by atoms with Gasteiger partial charge in [0.1, 0.15) is 5.82 Å². The van der Waals surface area contributed by atoms with Crippen molar-refractivity contribution in [1.29, 1.82) is 0 Å². The van der Waals surface area contributed by atoms with Crippen molar-refractivity contribution in [3.63, 3.8) is 0 Å². The van der Waals surface area contributed by atoms with Gasteiger partial charge in [-0.05, 0) is 24.6 Å². The fourth-order valence-electron chi connectivity index (χ4n) is 1.90. The van der Waals surface area contributed by atoms with Gasteiger partial charge in [-0.25, -0.2) is 4.39 Å².